The van der Waals surface area contributed by atoms with Crippen molar-refractivity contribution in [2.45, 2.75) is 13.5 Å². The minimum atomic E-state index is -0.0384. The second kappa shape index (κ2) is 6.75. The zero-order chi connectivity index (χ0) is 16.9. The highest BCUT2D eigenvalue weighted by molar-refractivity contribution is 5.99. The van der Waals surface area contributed by atoms with Crippen LogP contribution in [0.2, 0.25) is 0 Å². The van der Waals surface area contributed by atoms with Gasteiger partial charge in [0, 0.05) is 17.8 Å². The molecule has 0 bridgehead atoms. The summed E-state index contributed by atoms with van der Waals surface area (Å²) in [5, 5.41) is 16.3. The van der Waals surface area contributed by atoms with E-state index < -0.39 is 0 Å². The van der Waals surface area contributed by atoms with Crippen LogP contribution in [0.5, 0.6) is 0 Å². The summed E-state index contributed by atoms with van der Waals surface area (Å²) >= 11 is 0. The molecule has 118 valence electrons. The number of hydrogen-bond donors (Lipinski definition) is 1. The van der Waals surface area contributed by atoms with Crippen LogP contribution < -0.4 is 5.32 Å². The number of carbonyl (C=O) groups is 1. The monoisotopic (exact) mass is 317 g/mol. The molecule has 0 atom stereocenters. The van der Waals surface area contributed by atoms with Gasteiger partial charge in [-0.15, -0.1) is 0 Å². The molecule has 0 fully saturated rings. The molecule has 3 rings (SSSR count). The highest BCUT2D eigenvalue weighted by Crippen LogP contribution is 2.19. The van der Waals surface area contributed by atoms with Gasteiger partial charge in [-0.1, -0.05) is 12.1 Å². The molecular formula is C18H15N5O. The van der Waals surface area contributed by atoms with Gasteiger partial charge in [-0.25, -0.2) is 9.67 Å². The molecule has 3 aromatic rings. The molecule has 1 N–H and O–H groups in total. The predicted molar refractivity (Wildman–Crippen MR) is 89.8 cm³/mol. The maximum Gasteiger partial charge on any atom is 0.161 e. The van der Waals surface area contributed by atoms with Crippen LogP contribution in [0.15, 0.2) is 55.1 Å². The Morgan fingerprint density at radius 3 is 2.67 bits per heavy atom. The van der Waals surface area contributed by atoms with Gasteiger partial charge in [-0.2, -0.15) is 10.4 Å². The maximum absolute atomic E-state index is 11.7. The van der Waals surface area contributed by atoms with Crippen molar-refractivity contribution in [1.29, 1.82) is 5.26 Å². The van der Waals surface area contributed by atoms with Gasteiger partial charge < -0.3 is 5.32 Å². The van der Waals surface area contributed by atoms with Crippen molar-refractivity contribution in [3.8, 4) is 11.8 Å². The molecule has 0 radical (unpaired) electrons. The average Bonchev–Trinajstić information content (AvgIpc) is 3.14. The molecule has 0 amide bonds. The van der Waals surface area contributed by atoms with Crippen molar-refractivity contribution < 1.29 is 4.79 Å². The fraction of sp³-hybridized carbons (Fsp3) is 0.111. The number of rotatable bonds is 5. The lowest BCUT2D eigenvalue weighted by Gasteiger charge is -2.11. The Morgan fingerprint density at radius 1 is 1.25 bits per heavy atom. The summed E-state index contributed by atoms with van der Waals surface area (Å²) in [6.07, 6.45) is 3.13. The van der Waals surface area contributed by atoms with Gasteiger partial charge in [-0.3, -0.25) is 4.79 Å². The molecular weight excluding hydrogens is 302 g/mol. The minimum Gasteiger partial charge on any atom is -0.380 e. The number of ketones is 1. The van der Waals surface area contributed by atoms with Gasteiger partial charge in [0.25, 0.3) is 0 Å². The van der Waals surface area contributed by atoms with Crippen LogP contribution >= 0.6 is 0 Å². The highest BCUT2D eigenvalue weighted by atomic mass is 16.1. The van der Waals surface area contributed by atoms with E-state index in [0.717, 1.165) is 11.3 Å². The number of nitriles is 1. The third-order valence-corrected chi connectivity index (χ3v) is 3.63. The van der Waals surface area contributed by atoms with Gasteiger partial charge in [0.2, 0.25) is 0 Å². The maximum atomic E-state index is 11.7. The van der Waals surface area contributed by atoms with Gasteiger partial charge in [0.05, 0.1) is 17.3 Å². The summed E-state index contributed by atoms with van der Waals surface area (Å²) in [5.41, 5.74) is 3.74. The Kier molecular flexibility index (Phi) is 4.34. The molecule has 1 heterocycles. The number of nitrogens with zero attached hydrogens (tertiary/aromatic N) is 4. The number of benzene rings is 2. The Balaban J connectivity index is 1.76. The van der Waals surface area contributed by atoms with Crippen molar-refractivity contribution in [1.82, 2.24) is 14.8 Å². The molecule has 24 heavy (non-hydrogen) atoms. The van der Waals surface area contributed by atoms with E-state index in [2.05, 4.69) is 21.5 Å². The first kappa shape index (κ1) is 15.4. The number of Topliss-reactive ketones (excluding diaryl/α,β-unsaturated/α-hetero) is 1. The summed E-state index contributed by atoms with van der Waals surface area (Å²) in [5.74, 6) is -0.0384. The summed E-state index contributed by atoms with van der Waals surface area (Å²) in [4.78, 5) is 15.6. The normalized spacial score (nSPS) is 10.2. The summed E-state index contributed by atoms with van der Waals surface area (Å²) in [7, 11) is 0. The van der Waals surface area contributed by atoms with Crippen LogP contribution in [-0.2, 0) is 6.54 Å². The average molecular weight is 317 g/mol. The fourth-order valence-corrected chi connectivity index (χ4v) is 2.37. The zero-order valence-corrected chi connectivity index (χ0v) is 13.1. The zero-order valence-electron chi connectivity index (χ0n) is 13.1. The predicted octanol–water partition coefficient (Wildman–Crippen LogP) is 2.95. The van der Waals surface area contributed by atoms with Crippen LogP contribution in [0.3, 0.4) is 0 Å². The lowest BCUT2D eigenvalue weighted by Crippen LogP contribution is -2.05. The van der Waals surface area contributed by atoms with Crippen LogP contribution in [0, 0.1) is 11.3 Å². The number of aromatic nitrogens is 3. The van der Waals surface area contributed by atoms with Crippen LogP contribution in [0.4, 0.5) is 5.69 Å². The second-order valence-electron chi connectivity index (χ2n) is 5.29. The third-order valence-electron chi connectivity index (χ3n) is 3.63. The largest absolute Gasteiger partial charge is 0.380 e. The summed E-state index contributed by atoms with van der Waals surface area (Å²) < 4.78 is 1.68. The molecule has 6 nitrogen and oxygen atoms in total. The van der Waals surface area contributed by atoms with Gasteiger partial charge >= 0.3 is 0 Å². The van der Waals surface area contributed by atoms with E-state index >= 15 is 0 Å². The Bertz CT molecular complexity index is 892. The molecule has 0 aliphatic carbocycles. The Hall–Kier alpha value is -3.46. The van der Waals surface area contributed by atoms with E-state index in [1.165, 1.54) is 13.3 Å². The van der Waals surface area contributed by atoms with Crippen LogP contribution in [-0.4, -0.2) is 20.5 Å². The van der Waals surface area contributed by atoms with Gasteiger partial charge in [0.15, 0.2) is 5.78 Å². The van der Waals surface area contributed by atoms with Crippen molar-refractivity contribution in [3.05, 3.63) is 71.8 Å². The molecule has 0 aliphatic heterocycles. The van der Waals surface area contributed by atoms with Crippen molar-refractivity contribution in [2.24, 2.45) is 0 Å². The summed E-state index contributed by atoms with van der Waals surface area (Å²) in [6.45, 7) is 2.06. The Labute approximate surface area is 139 Å². The van der Waals surface area contributed by atoms with Crippen LogP contribution in [0.25, 0.3) is 5.69 Å². The SMILES string of the molecule is CC(=O)c1ccc(C#N)cc1NCc1ccc(-n2cncn2)cc1. The summed E-state index contributed by atoms with van der Waals surface area (Å²) in [6, 6.07) is 15.0. The number of carbonyl (C=O) groups excluding carboxylic acids is 1. The molecule has 1 aromatic heterocycles. The van der Waals surface area contributed by atoms with Crippen molar-refractivity contribution in [2.75, 3.05) is 5.32 Å². The van der Waals surface area contributed by atoms with Crippen LogP contribution in [0.1, 0.15) is 28.4 Å². The number of nitrogens with one attached hydrogen (secondary N) is 1. The first-order valence-corrected chi connectivity index (χ1v) is 7.40. The fourth-order valence-electron chi connectivity index (χ4n) is 2.37. The number of hydrogen-bond acceptors (Lipinski definition) is 5. The lowest BCUT2D eigenvalue weighted by atomic mass is 10.1. The molecule has 0 saturated carbocycles. The quantitative estimate of drug-likeness (QED) is 0.731. The van der Waals surface area contributed by atoms with E-state index in [1.807, 2.05) is 24.3 Å². The van der Waals surface area contributed by atoms with Crippen molar-refractivity contribution >= 4 is 11.5 Å². The van der Waals surface area contributed by atoms with E-state index in [0.29, 0.717) is 23.4 Å². The van der Waals surface area contributed by atoms with E-state index in [1.54, 1.807) is 29.2 Å². The Morgan fingerprint density at radius 2 is 2.04 bits per heavy atom. The van der Waals surface area contributed by atoms with E-state index in [-0.39, 0.29) is 5.78 Å². The van der Waals surface area contributed by atoms with Gasteiger partial charge in [-0.05, 0) is 42.8 Å². The lowest BCUT2D eigenvalue weighted by molar-refractivity contribution is 0.101. The second-order valence-corrected chi connectivity index (χ2v) is 5.29. The topological polar surface area (TPSA) is 83.6 Å². The van der Waals surface area contributed by atoms with Gasteiger partial charge in [0.1, 0.15) is 12.7 Å². The first-order chi connectivity index (χ1) is 11.7. The van der Waals surface area contributed by atoms with Crippen molar-refractivity contribution in [3.63, 3.8) is 0 Å². The minimum absolute atomic E-state index is 0.0384. The molecule has 6 heteroatoms. The molecule has 2 aromatic carbocycles. The molecule has 0 aliphatic rings. The molecule has 0 saturated heterocycles. The van der Waals surface area contributed by atoms with E-state index in [9.17, 15) is 4.79 Å². The first-order valence-electron chi connectivity index (χ1n) is 7.40. The molecule has 0 spiro atoms. The third kappa shape index (κ3) is 3.31. The number of anilines is 1. The van der Waals surface area contributed by atoms with E-state index in [4.69, 9.17) is 5.26 Å². The standard InChI is InChI=1S/C18H15N5O/c1-13(24)17-7-4-15(9-19)8-18(17)21-10-14-2-5-16(6-3-14)23-12-20-11-22-23/h2-8,11-12,21H,10H2,1H3. The smallest absolute Gasteiger partial charge is 0.161 e. The molecule has 0 unspecified atom stereocenters. The highest BCUT2D eigenvalue weighted by Gasteiger charge is 2.08.